The number of hydrogen-bond acceptors (Lipinski definition) is 4. The zero-order valence-corrected chi connectivity index (χ0v) is 18.1. The Bertz CT molecular complexity index is 912. The monoisotopic (exact) mass is 406 g/mol. The van der Waals surface area contributed by atoms with E-state index in [1.807, 2.05) is 18.5 Å². The predicted molar refractivity (Wildman–Crippen MR) is 111 cm³/mol. The van der Waals surface area contributed by atoms with Crippen LogP contribution in [-0.2, 0) is 15.1 Å². The number of fused-ring (bicyclic) bond motifs is 7. The van der Waals surface area contributed by atoms with Gasteiger partial charge in [-0.1, -0.05) is 31.6 Å². The molecule has 4 aliphatic carbocycles. The van der Waals surface area contributed by atoms with Crippen LogP contribution in [-0.4, -0.2) is 17.1 Å². The Labute approximate surface area is 179 Å². The third-order valence-corrected chi connectivity index (χ3v) is 10.2. The van der Waals surface area contributed by atoms with Crippen LogP contribution in [0.5, 0.6) is 0 Å². The van der Waals surface area contributed by atoms with Gasteiger partial charge < -0.3 is 14.6 Å². The molecular weight excluding hydrogens is 374 g/mol. The number of nitrogens with zero attached hydrogens (tertiary/aromatic N) is 1. The number of carboxylic acid groups (broad SMARTS) is 1. The van der Waals surface area contributed by atoms with Crippen molar-refractivity contribution in [1.29, 1.82) is 0 Å². The Balaban J connectivity index is 1.30. The molecule has 5 aliphatic rings. The molecule has 1 aromatic heterocycles. The second-order valence-electron chi connectivity index (χ2n) is 11.2. The lowest BCUT2D eigenvalue weighted by Gasteiger charge is -2.58. The van der Waals surface area contributed by atoms with E-state index in [1.54, 1.807) is 5.57 Å². The van der Waals surface area contributed by atoms with Crippen molar-refractivity contribution in [3.63, 3.8) is 0 Å². The Kier molecular flexibility index (Phi) is 3.92. The van der Waals surface area contributed by atoms with Gasteiger partial charge in [0.05, 0.1) is 6.10 Å². The van der Waals surface area contributed by atoms with Crippen LogP contribution in [0, 0.1) is 34.5 Å². The molecule has 2 heterocycles. The molecule has 8 atom stereocenters. The summed E-state index contributed by atoms with van der Waals surface area (Å²) < 4.78 is 6.44. The molecule has 4 fully saturated rings. The number of epoxide rings is 1. The minimum Gasteiger partial charge on any atom is -0.550 e. The molecule has 0 amide bonds. The lowest BCUT2D eigenvalue weighted by atomic mass is 9.46. The van der Waals surface area contributed by atoms with Gasteiger partial charge in [-0.05, 0) is 86.5 Å². The maximum atomic E-state index is 11.1. The highest BCUT2D eigenvalue weighted by Crippen LogP contribution is 2.76. The Morgan fingerprint density at radius 3 is 2.90 bits per heavy atom. The van der Waals surface area contributed by atoms with Gasteiger partial charge in [-0.2, -0.15) is 0 Å². The Morgan fingerprint density at radius 2 is 2.13 bits per heavy atom. The van der Waals surface area contributed by atoms with Gasteiger partial charge >= 0.3 is 0 Å². The number of ether oxygens (including phenoxy) is 1. The molecule has 0 spiro atoms. The number of rotatable bonds is 3. The lowest BCUT2D eigenvalue weighted by molar-refractivity contribution is -0.307. The fourth-order valence-corrected chi connectivity index (χ4v) is 8.67. The number of carboxylic acids is 1. The van der Waals surface area contributed by atoms with Gasteiger partial charge in [0, 0.05) is 29.3 Å². The number of aliphatic carboxylic acids is 1. The summed E-state index contributed by atoms with van der Waals surface area (Å²) in [5.41, 5.74) is 3.15. The average molecular weight is 407 g/mol. The van der Waals surface area contributed by atoms with E-state index in [9.17, 15) is 9.90 Å². The highest BCUT2D eigenvalue weighted by molar-refractivity contribution is 5.64. The first-order valence-corrected chi connectivity index (χ1v) is 11.9. The third-order valence-electron chi connectivity index (χ3n) is 10.2. The van der Waals surface area contributed by atoms with Crippen molar-refractivity contribution in [2.75, 3.05) is 0 Å². The van der Waals surface area contributed by atoms with Crippen molar-refractivity contribution in [2.24, 2.45) is 34.5 Å². The minimum atomic E-state index is -0.891. The second kappa shape index (κ2) is 6.18. The SMILES string of the molecule is C[C@]12CC[C@H](CC(=O)[O-])CC1=CC[C@@H]1[C@@H]2CC[C@@]2(C)[C@H]1C[C@H]1O[C@]12c1cccnc1. The zero-order chi connectivity index (χ0) is 20.7. The van der Waals surface area contributed by atoms with E-state index in [1.165, 1.54) is 24.8 Å². The quantitative estimate of drug-likeness (QED) is 0.562. The standard InChI is InChI=1S/C26H33NO3/c1-24-9-7-16(13-23(28)29)12-17(24)5-6-19-20(24)8-10-25(2)21(19)14-22-26(25,30-22)18-4-3-11-27-15-18/h3-5,11,15-16,19-22H,6-10,12-14H2,1-2H3,(H,28,29)/p-1/t16-,19+,20-,21-,22+,24-,25-,26+/m0/s1. The molecule has 0 radical (unpaired) electrons. The smallest absolute Gasteiger partial charge is 0.127 e. The van der Waals surface area contributed by atoms with E-state index in [4.69, 9.17) is 4.74 Å². The fourth-order valence-electron chi connectivity index (χ4n) is 8.67. The fraction of sp³-hybridized carbons (Fsp3) is 0.692. The van der Waals surface area contributed by atoms with Crippen molar-refractivity contribution < 1.29 is 14.6 Å². The first-order valence-electron chi connectivity index (χ1n) is 11.9. The van der Waals surface area contributed by atoms with Gasteiger partial charge in [0.15, 0.2) is 0 Å². The predicted octanol–water partition coefficient (Wildman–Crippen LogP) is 4.00. The van der Waals surface area contributed by atoms with E-state index in [0.29, 0.717) is 12.0 Å². The van der Waals surface area contributed by atoms with Gasteiger partial charge in [-0.3, -0.25) is 4.98 Å². The second-order valence-corrected chi connectivity index (χ2v) is 11.2. The Morgan fingerprint density at radius 1 is 1.27 bits per heavy atom. The maximum absolute atomic E-state index is 11.1. The van der Waals surface area contributed by atoms with E-state index in [0.717, 1.165) is 37.5 Å². The summed E-state index contributed by atoms with van der Waals surface area (Å²) >= 11 is 0. The molecular formula is C26H32NO3-. The summed E-state index contributed by atoms with van der Waals surface area (Å²) in [5, 5.41) is 11.1. The van der Waals surface area contributed by atoms with Crippen LogP contribution >= 0.6 is 0 Å². The number of carbonyl (C=O) groups is 1. The number of aromatic nitrogens is 1. The number of carbonyl (C=O) groups excluding carboxylic acids is 1. The van der Waals surface area contributed by atoms with Crippen LogP contribution in [0.1, 0.15) is 70.8 Å². The number of allylic oxidation sites excluding steroid dienone is 2. The molecule has 30 heavy (non-hydrogen) atoms. The zero-order valence-electron chi connectivity index (χ0n) is 18.1. The van der Waals surface area contributed by atoms with Gasteiger partial charge in [-0.25, -0.2) is 0 Å². The van der Waals surface area contributed by atoms with E-state index >= 15 is 0 Å². The van der Waals surface area contributed by atoms with Crippen molar-refractivity contribution in [1.82, 2.24) is 4.98 Å². The van der Waals surface area contributed by atoms with Crippen molar-refractivity contribution >= 4 is 5.97 Å². The summed E-state index contributed by atoms with van der Waals surface area (Å²) in [4.78, 5) is 15.5. The maximum Gasteiger partial charge on any atom is 0.127 e. The summed E-state index contributed by atoms with van der Waals surface area (Å²) in [6.45, 7) is 4.98. The Hall–Kier alpha value is -1.68. The van der Waals surface area contributed by atoms with E-state index in [-0.39, 0.29) is 28.8 Å². The lowest BCUT2D eigenvalue weighted by Crippen LogP contribution is -2.52. The highest BCUT2D eigenvalue weighted by Gasteiger charge is 2.77. The summed E-state index contributed by atoms with van der Waals surface area (Å²) in [6, 6.07) is 4.26. The summed E-state index contributed by atoms with van der Waals surface area (Å²) in [5.74, 6) is 1.52. The van der Waals surface area contributed by atoms with Crippen LogP contribution < -0.4 is 5.11 Å². The molecule has 160 valence electrons. The van der Waals surface area contributed by atoms with Crippen molar-refractivity contribution in [3.05, 3.63) is 41.7 Å². The molecule has 6 rings (SSSR count). The van der Waals surface area contributed by atoms with Crippen LogP contribution in [0.4, 0.5) is 0 Å². The highest BCUT2D eigenvalue weighted by atomic mass is 16.6. The summed E-state index contributed by atoms with van der Waals surface area (Å²) in [6.07, 6.45) is 14.9. The molecule has 3 saturated carbocycles. The normalized spacial score (nSPS) is 48.6. The molecule has 1 aromatic rings. The van der Waals surface area contributed by atoms with E-state index in [2.05, 4.69) is 31.0 Å². The van der Waals surface area contributed by atoms with Crippen LogP contribution in [0.25, 0.3) is 0 Å². The van der Waals surface area contributed by atoms with Crippen molar-refractivity contribution in [3.8, 4) is 0 Å². The minimum absolute atomic E-state index is 0.117. The number of pyridine rings is 1. The largest absolute Gasteiger partial charge is 0.550 e. The molecule has 0 unspecified atom stereocenters. The molecule has 1 aliphatic heterocycles. The van der Waals surface area contributed by atoms with E-state index < -0.39 is 5.97 Å². The number of hydrogen-bond donors (Lipinski definition) is 0. The van der Waals surface area contributed by atoms with Gasteiger partial charge in [-0.15, -0.1) is 0 Å². The molecule has 0 aromatic carbocycles. The van der Waals surface area contributed by atoms with Crippen LogP contribution in [0.3, 0.4) is 0 Å². The molecule has 4 nitrogen and oxygen atoms in total. The molecule has 1 saturated heterocycles. The third kappa shape index (κ3) is 2.32. The van der Waals surface area contributed by atoms with Gasteiger partial charge in [0.1, 0.15) is 5.60 Å². The first-order chi connectivity index (χ1) is 14.4. The van der Waals surface area contributed by atoms with Crippen LogP contribution in [0.15, 0.2) is 36.2 Å². The van der Waals surface area contributed by atoms with Crippen LogP contribution in [0.2, 0.25) is 0 Å². The first kappa shape index (κ1) is 19.0. The molecule has 4 heteroatoms. The van der Waals surface area contributed by atoms with Crippen molar-refractivity contribution in [2.45, 2.75) is 76.9 Å². The molecule has 0 bridgehead atoms. The van der Waals surface area contributed by atoms with Gasteiger partial charge in [0.25, 0.3) is 0 Å². The topological polar surface area (TPSA) is 65.5 Å². The molecule has 0 N–H and O–H groups in total. The van der Waals surface area contributed by atoms with Gasteiger partial charge in [0.2, 0.25) is 0 Å². The summed E-state index contributed by atoms with van der Waals surface area (Å²) in [7, 11) is 0. The average Bonchev–Trinajstić information content (AvgIpc) is 3.40.